The van der Waals surface area contributed by atoms with Crippen LogP contribution in [0.5, 0.6) is 0 Å². The monoisotopic (exact) mass is 173 g/mol. The molecule has 4 heteroatoms. The first kappa shape index (κ1) is 9.48. The van der Waals surface area contributed by atoms with Gasteiger partial charge in [-0.1, -0.05) is 0 Å². The number of piperidine rings is 1. The Kier molecular flexibility index (Phi) is 3.49. The summed E-state index contributed by atoms with van der Waals surface area (Å²) in [6.07, 6.45) is 1.81. The van der Waals surface area contributed by atoms with Crippen molar-refractivity contribution in [2.45, 2.75) is 18.9 Å². The highest BCUT2D eigenvalue weighted by molar-refractivity contribution is 5.47. The highest BCUT2D eigenvalue weighted by Crippen LogP contribution is 2.19. The van der Waals surface area contributed by atoms with E-state index in [1.54, 1.807) is 4.90 Å². The molecule has 0 aromatic carbocycles. The molecule has 0 spiro atoms. The van der Waals surface area contributed by atoms with Crippen molar-refractivity contribution in [3.05, 3.63) is 0 Å². The van der Waals surface area contributed by atoms with Gasteiger partial charge in [0.15, 0.2) is 0 Å². The van der Waals surface area contributed by atoms with Gasteiger partial charge in [-0.05, 0) is 18.8 Å². The van der Waals surface area contributed by atoms with Crippen molar-refractivity contribution in [3.63, 3.8) is 0 Å². The summed E-state index contributed by atoms with van der Waals surface area (Å²) in [5.41, 5.74) is 0. The van der Waals surface area contributed by atoms with E-state index in [9.17, 15) is 9.90 Å². The Morgan fingerprint density at radius 2 is 2.08 bits per heavy atom. The number of likely N-dealkylation sites (tertiary alicyclic amines) is 1. The van der Waals surface area contributed by atoms with Gasteiger partial charge in [0.05, 0.1) is 12.7 Å². The molecule has 1 amide bonds. The van der Waals surface area contributed by atoms with Crippen molar-refractivity contribution in [1.82, 2.24) is 4.90 Å². The van der Waals surface area contributed by atoms with E-state index < -0.39 is 6.10 Å². The number of carbonyl (C=O) groups is 1. The Labute approximate surface area is 71.8 Å². The third-order valence-electron chi connectivity index (χ3n) is 2.45. The summed E-state index contributed by atoms with van der Waals surface area (Å²) >= 11 is 0. The van der Waals surface area contributed by atoms with Crippen molar-refractivity contribution in [1.29, 1.82) is 0 Å². The molecule has 0 radical (unpaired) electrons. The Morgan fingerprint density at radius 3 is 2.50 bits per heavy atom. The van der Waals surface area contributed by atoms with Crippen molar-refractivity contribution in [3.8, 4) is 0 Å². The molecule has 1 atom stereocenters. The molecule has 0 aromatic rings. The summed E-state index contributed by atoms with van der Waals surface area (Å²) in [5.74, 6) is 0.159. The molecule has 0 aromatic heterocycles. The van der Waals surface area contributed by atoms with E-state index >= 15 is 0 Å². The molecule has 12 heavy (non-hydrogen) atoms. The summed E-state index contributed by atoms with van der Waals surface area (Å²) in [5, 5.41) is 18.0. The lowest BCUT2D eigenvalue weighted by Crippen LogP contribution is -2.38. The van der Waals surface area contributed by atoms with E-state index in [0.29, 0.717) is 13.1 Å². The Bertz CT molecular complexity index is 143. The zero-order chi connectivity index (χ0) is 8.97. The minimum absolute atomic E-state index is 0.159. The number of hydrogen-bond donors (Lipinski definition) is 2. The largest absolute Gasteiger partial charge is 0.394 e. The van der Waals surface area contributed by atoms with E-state index in [-0.39, 0.29) is 12.5 Å². The number of aliphatic hydroxyl groups excluding tert-OH is 2. The van der Waals surface area contributed by atoms with Crippen LogP contribution in [0.25, 0.3) is 0 Å². The van der Waals surface area contributed by atoms with Crippen LogP contribution in [-0.4, -0.2) is 47.3 Å². The van der Waals surface area contributed by atoms with E-state index in [0.717, 1.165) is 19.3 Å². The first-order valence-corrected chi connectivity index (χ1v) is 4.26. The fourth-order valence-electron chi connectivity index (χ4n) is 1.56. The molecule has 1 saturated heterocycles. The van der Waals surface area contributed by atoms with Crippen molar-refractivity contribution in [2.24, 2.45) is 5.92 Å². The summed E-state index contributed by atoms with van der Waals surface area (Å²) in [7, 11) is 0. The highest BCUT2D eigenvalue weighted by atomic mass is 16.3. The first-order chi connectivity index (χ1) is 5.77. The fourth-order valence-corrected chi connectivity index (χ4v) is 1.56. The van der Waals surface area contributed by atoms with Gasteiger partial charge in [-0.25, -0.2) is 0 Å². The minimum Gasteiger partial charge on any atom is -0.394 e. The van der Waals surface area contributed by atoms with E-state index in [1.165, 1.54) is 0 Å². The maximum absolute atomic E-state index is 10.3. The number of nitrogens with zero attached hydrogens (tertiary/aromatic N) is 1. The third-order valence-corrected chi connectivity index (χ3v) is 2.45. The van der Waals surface area contributed by atoms with Gasteiger partial charge < -0.3 is 15.1 Å². The van der Waals surface area contributed by atoms with Crippen LogP contribution in [-0.2, 0) is 4.79 Å². The molecule has 0 aliphatic carbocycles. The second-order valence-electron chi connectivity index (χ2n) is 3.23. The van der Waals surface area contributed by atoms with Gasteiger partial charge in [-0.2, -0.15) is 0 Å². The molecule has 4 nitrogen and oxygen atoms in total. The Morgan fingerprint density at radius 1 is 1.50 bits per heavy atom. The van der Waals surface area contributed by atoms with Gasteiger partial charge >= 0.3 is 0 Å². The molecule has 1 heterocycles. The molecule has 0 bridgehead atoms. The highest BCUT2D eigenvalue weighted by Gasteiger charge is 2.23. The van der Waals surface area contributed by atoms with E-state index in [4.69, 9.17) is 5.11 Å². The maximum atomic E-state index is 10.3. The molecule has 2 N–H and O–H groups in total. The van der Waals surface area contributed by atoms with Crippen LogP contribution in [0, 0.1) is 5.92 Å². The van der Waals surface area contributed by atoms with Gasteiger partial charge in [-0.3, -0.25) is 4.79 Å². The average molecular weight is 173 g/mol. The van der Waals surface area contributed by atoms with Crippen molar-refractivity contribution < 1.29 is 15.0 Å². The lowest BCUT2D eigenvalue weighted by atomic mass is 9.92. The Balaban J connectivity index is 2.30. The lowest BCUT2D eigenvalue weighted by Gasteiger charge is -2.31. The van der Waals surface area contributed by atoms with Crippen LogP contribution in [0.3, 0.4) is 0 Å². The molecule has 70 valence electrons. The molecular weight excluding hydrogens is 158 g/mol. The van der Waals surface area contributed by atoms with Gasteiger partial charge in [0.2, 0.25) is 6.41 Å². The summed E-state index contributed by atoms with van der Waals surface area (Å²) in [6, 6.07) is 0. The van der Waals surface area contributed by atoms with Crippen molar-refractivity contribution >= 4 is 6.41 Å². The van der Waals surface area contributed by atoms with Crippen LogP contribution in [0.2, 0.25) is 0 Å². The molecule has 1 aliphatic rings. The molecule has 0 saturated carbocycles. The third kappa shape index (κ3) is 2.19. The Hall–Kier alpha value is -0.610. The smallest absolute Gasteiger partial charge is 0.209 e. The number of aliphatic hydroxyl groups is 2. The van der Waals surface area contributed by atoms with Crippen LogP contribution in [0.4, 0.5) is 0 Å². The molecule has 1 unspecified atom stereocenters. The molecule has 1 fully saturated rings. The predicted octanol–water partition coefficient (Wildman–Crippen LogP) is -0.792. The lowest BCUT2D eigenvalue weighted by molar-refractivity contribution is -0.120. The first-order valence-electron chi connectivity index (χ1n) is 4.26. The molecule has 1 aliphatic heterocycles. The van der Waals surface area contributed by atoms with Crippen molar-refractivity contribution in [2.75, 3.05) is 19.7 Å². The summed E-state index contributed by atoms with van der Waals surface area (Å²) < 4.78 is 0. The summed E-state index contributed by atoms with van der Waals surface area (Å²) in [6.45, 7) is 1.22. The minimum atomic E-state index is -0.612. The average Bonchev–Trinajstić information content (AvgIpc) is 2.17. The predicted molar refractivity (Wildman–Crippen MR) is 43.5 cm³/mol. The second-order valence-corrected chi connectivity index (χ2v) is 3.23. The fraction of sp³-hybridized carbons (Fsp3) is 0.875. The second kappa shape index (κ2) is 4.42. The number of rotatable bonds is 3. The zero-order valence-corrected chi connectivity index (χ0v) is 7.02. The van der Waals surface area contributed by atoms with Crippen LogP contribution < -0.4 is 0 Å². The zero-order valence-electron chi connectivity index (χ0n) is 7.02. The topological polar surface area (TPSA) is 60.8 Å². The van der Waals surface area contributed by atoms with Gasteiger partial charge in [0.25, 0.3) is 0 Å². The van der Waals surface area contributed by atoms with E-state index in [1.807, 2.05) is 0 Å². The van der Waals surface area contributed by atoms with Gasteiger partial charge in [0.1, 0.15) is 0 Å². The van der Waals surface area contributed by atoms with Crippen LogP contribution >= 0.6 is 0 Å². The number of amides is 1. The summed E-state index contributed by atoms with van der Waals surface area (Å²) in [4.78, 5) is 12.0. The van der Waals surface area contributed by atoms with Gasteiger partial charge in [-0.15, -0.1) is 0 Å². The number of hydrogen-bond acceptors (Lipinski definition) is 3. The SMILES string of the molecule is O=CN1CCC(C(O)CO)CC1. The quantitative estimate of drug-likeness (QED) is 0.550. The molecule has 1 rings (SSSR count). The van der Waals surface area contributed by atoms with Gasteiger partial charge in [0, 0.05) is 13.1 Å². The number of carbonyl (C=O) groups excluding carboxylic acids is 1. The maximum Gasteiger partial charge on any atom is 0.209 e. The molecular formula is C8H15NO3. The standard InChI is InChI=1S/C8H15NO3/c10-5-8(12)7-1-3-9(6-11)4-2-7/h6-8,10,12H,1-5H2. The van der Waals surface area contributed by atoms with Crippen LogP contribution in [0.1, 0.15) is 12.8 Å². The normalized spacial score (nSPS) is 22.3. The van der Waals surface area contributed by atoms with E-state index in [2.05, 4.69) is 0 Å². The van der Waals surface area contributed by atoms with Crippen LogP contribution in [0.15, 0.2) is 0 Å².